The fraction of sp³-hybridized carbons (Fsp3) is 0.350. The minimum absolute atomic E-state index is 0.213. The van der Waals surface area contributed by atoms with E-state index in [9.17, 15) is 4.79 Å². The molecule has 0 unspecified atom stereocenters. The van der Waals surface area contributed by atoms with Crippen LogP contribution in [-0.4, -0.2) is 44.4 Å². The summed E-state index contributed by atoms with van der Waals surface area (Å²) in [6.45, 7) is 3.63. The van der Waals surface area contributed by atoms with E-state index in [1.165, 1.54) is 6.33 Å². The van der Waals surface area contributed by atoms with Gasteiger partial charge in [-0.3, -0.25) is 4.79 Å². The van der Waals surface area contributed by atoms with Gasteiger partial charge < -0.3 is 18.8 Å². The Morgan fingerprint density at radius 3 is 2.72 bits per heavy atom. The summed E-state index contributed by atoms with van der Waals surface area (Å²) >= 11 is 12.2. The van der Waals surface area contributed by atoms with E-state index < -0.39 is 30.3 Å². The predicted molar refractivity (Wildman–Crippen MR) is 106 cm³/mol. The van der Waals surface area contributed by atoms with Crippen LogP contribution in [0.1, 0.15) is 30.4 Å². The lowest BCUT2D eigenvalue weighted by atomic mass is 10.0. The summed E-state index contributed by atoms with van der Waals surface area (Å²) in [5.74, 6) is -1.06. The van der Waals surface area contributed by atoms with Gasteiger partial charge in [-0.2, -0.15) is 0 Å². The van der Waals surface area contributed by atoms with Gasteiger partial charge in [0.2, 0.25) is 0 Å². The third-order valence-corrected chi connectivity index (χ3v) is 5.67. The van der Waals surface area contributed by atoms with Gasteiger partial charge in [-0.25, -0.2) is 9.97 Å². The van der Waals surface area contributed by atoms with Crippen molar-refractivity contribution in [2.24, 2.45) is 0 Å². The average Bonchev–Trinajstić information content (AvgIpc) is 3.32. The fourth-order valence-electron chi connectivity index (χ4n) is 3.96. The molecule has 7 nitrogen and oxygen atoms in total. The summed E-state index contributed by atoms with van der Waals surface area (Å²) in [6.07, 6.45) is 0.656. The van der Waals surface area contributed by atoms with Crippen molar-refractivity contribution in [2.75, 3.05) is 0 Å². The number of hydrogen-bond acceptors (Lipinski definition) is 6. The second kappa shape index (κ2) is 6.75. The number of carbonyl (C=O) groups is 1. The number of ketones is 1. The van der Waals surface area contributed by atoms with Crippen LogP contribution in [0.2, 0.25) is 10.2 Å². The van der Waals surface area contributed by atoms with E-state index in [2.05, 4.69) is 9.97 Å². The van der Waals surface area contributed by atoms with Gasteiger partial charge >= 0.3 is 0 Å². The summed E-state index contributed by atoms with van der Waals surface area (Å²) in [5.41, 5.74) is 1.05. The lowest BCUT2D eigenvalue weighted by molar-refractivity contribution is -0.190. The predicted octanol–water partition coefficient (Wildman–Crippen LogP) is 4.04. The van der Waals surface area contributed by atoms with Crippen LogP contribution >= 0.6 is 23.2 Å². The molecule has 150 valence electrons. The van der Waals surface area contributed by atoms with Crippen LogP contribution < -0.4 is 0 Å². The molecule has 3 aromatic rings. The molecule has 0 spiro atoms. The van der Waals surface area contributed by atoms with Crippen molar-refractivity contribution in [2.45, 2.75) is 44.2 Å². The van der Waals surface area contributed by atoms with E-state index in [0.29, 0.717) is 26.8 Å². The van der Waals surface area contributed by atoms with E-state index in [0.717, 1.165) is 0 Å². The molecule has 1 aromatic carbocycles. The van der Waals surface area contributed by atoms with Crippen molar-refractivity contribution in [1.82, 2.24) is 14.5 Å². The molecule has 2 saturated heterocycles. The fourth-order valence-corrected chi connectivity index (χ4v) is 4.34. The maximum absolute atomic E-state index is 13.2. The second-order valence-corrected chi connectivity index (χ2v) is 8.31. The number of benzene rings is 1. The smallest absolute Gasteiger partial charge is 0.194 e. The first-order valence-electron chi connectivity index (χ1n) is 9.12. The SMILES string of the molecule is CC1(C)O[C@@H]2[C@H](O1)[C@@H](C(=O)c1cccc(Cl)c1)O[C@H]2n1ccc2c(Cl)ncnc21. The Hall–Kier alpha value is -2.03. The minimum Gasteiger partial charge on any atom is -0.341 e. The Labute approximate surface area is 176 Å². The number of fused-ring (bicyclic) bond motifs is 2. The monoisotopic (exact) mass is 433 g/mol. The van der Waals surface area contributed by atoms with Gasteiger partial charge in [-0.1, -0.05) is 35.3 Å². The number of Topliss-reactive ketones (excluding diaryl/α,β-unsaturated/α-hetero) is 1. The van der Waals surface area contributed by atoms with Crippen LogP contribution in [0.3, 0.4) is 0 Å². The van der Waals surface area contributed by atoms with Crippen LogP contribution in [0, 0.1) is 0 Å². The van der Waals surface area contributed by atoms with Gasteiger partial charge in [0.25, 0.3) is 0 Å². The molecular weight excluding hydrogens is 417 g/mol. The van der Waals surface area contributed by atoms with Crippen molar-refractivity contribution in [3.05, 3.63) is 58.6 Å². The van der Waals surface area contributed by atoms with Crippen molar-refractivity contribution < 1.29 is 19.0 Å². The highest BCUT2D eigenvalue weighted by molar-refractivity contribution is 6.33. The maximum Gasteiger partial charge on any atom is 0.194 e. The third kappa shape index (κ3) is 3.14. The first-order valence-corrected chi connectivity index (χ1v) is 9.87. The number of carbonyl (C=O) groups excluding carboxylic acids is 1. The largest absolute Gasteiger partial charge is 0.341 e. The molecule has 29 heavy (non-hydrogen) atoms. The van der Waals surface area contributed by atoms with Crippen molar-refractivity contribution in [3.63, 3.8) is 0 Å². The zero-order valence-electron chi connectivity index (χ0n) is 15.6. The molecule has 0 N–H and O–H groups in total. The quantitative estimate of drug-likeness (QED) is 0.458. The number of rotatable bonds is 3. The lowest BCUT2D eigenvalue weighted by Gasteiger charge is -2.24. The van der Waals surface area contributed by atoms with Crippen molar-refractivity contribution >= 4 is 40.0 Å². The van der Waals surface area contributed by atoms with Crippen LogP contribution in [-0.2, 0) is 14.2 Å². The lowest BCUT2D eigenvalue weighted by Crippen LogP contribution is -2.35. The van der Waals surface area contributed by atoms with Crippen molar-refractivity contribution in [3.8, 4) is 0 Å². The number of nitrogens with zero attached hydrogens (tertiary/aromatic N) is 3. The molecule has 0 aliphatic carbocycles. The van der Waals surface area contributed by atoms with Crippen LogP contribution in [0.4, 0.5) is 0 Å². The number of aromatic nitrogens is 3. The molecule has 4 atom stereocenters. The van der Waals surface area contributed by atoms with Gasteiger partial charge in [0.15, 0.2) is 23.9 Å². The molecule has 0 saturated carbocycles. The summed E-state index contributed by atoms with van der Waals surface area (Å²) < 4.78 is 20.1. The highest BCUT2D eigenvalue weighted by atomic mass is 35.5. The summed E-state index contributed by atoms with van der Waals surface area (Å²) in [5, 5.41) is 1.52. The highest BCUT2D eigenvalue weighted by Gasteiger charge is 2.58. The standard InChI is InChI=1S/C20H17Cl2N3O4/c1-20(2)28-15-14(13(26)10-4-3-5-11(21)8-10)27-19(16(15)29-20)25-7-6-12-17(22)23-9-24-18(12)25/h3-9,14-16,19H,1-2H3/t14-,15-,16-,19-/m1/s1. The number of ether oxygens (including phenoxy) is 3. The molecule has 2 aliphatic heterocycles. The molecule has 0 amide bonds. The zero-order chi connectivity index (χ0) is 20.3. The molecule has 2 fully saturated rings. The molecule has 9 heteroatoms. The first kappa shape index (κ1) is 19.0. The Bertz CT molecular complexity index is 1120. The van der Waals surface area contributed by atoms with E-state index in [4.69, 9.17) is 37.4 Å². The van der Waals surface area contributed by atoms with Crippen LogP contribution in [0.15, 0.2) is 42.9 Å². The van der Waals surface area contributed by atoms with E-state index >= 15 is 0 Å². The van der Waals surface area contributed by atoms with Crippen LogP contribution in [0.5, 0.6) is 0 Å². The molecule has 4 heterocycles. The Balaban J connectivity index is 1.55. The van der Waals surface area contributed by atoms with Gasteiger partial charge in [0, 0.05) is 16.8 Å². The summed E-state index contributed by atoms with van der Waals surface area (Å²) in [7, 11) is 0. The molecule has 0 radical (unpaired) electrons. The minimum atomic E-state index is -0.847. The molecule has 2 aromatic heterocycles. The van der Waals surface area contributed by atoms with E-state index in [1.54, 1.807) is 35.0 Å². The number of hydrogen-bond donors (Lipinski definition) is 0. The van der Waals surface area contributed by atoms with Crippen LogP contribution in [0.25, 0.3) is 11.0 Å². The second-order valence-electron chi connectivity index (χ2n) is 7.51. The van der Waals surface area contributed by atoms with Gasteiger partial charge in [0.05, 0.1) is 5.39 Å². The molecule has 0 bridgehead atoms. The zero-order valence-corrected chi connectivity index (χ0v) is 17.1. The Morgan fingerprint density at radius 2 is 1.93 bits per heavy atom. The molecule has 5 rings (SSSR count). The van der Waals surface area contributed by atoms with Gasteiger partial charge in [-0.05, 0) is 32.0 Å². The van der Waals surface area contributed by atoms with E-state index in [-0.39, 0.29) is 5.78 Å². The van der Waals surface area contributed by atoms with Crippen molar-refractivity contribution in [1.29, 1.82) is 0 Å². The Morgan fingerprint density at radius 1 is 1.14 bits per heavy atom. The molecular formula is C20H17Cl2N3O4. The van der Waals surface area contributed by atoms with Gasteiger partial charge in [0.1, 0.15) is 29.3 Å². The average molecular weight is 434 g/mol. The maximum atomic E-state index is 13.2. The third-order valence-electron chi connectivity index (χ3n) is 5.13. The first-order chi connectivity index (χ1) is 13.8. The topological polar surface area (TPSA) is 75.5 Å². The summed E-state index contributed by atoms with van der Waals surface area (Å²) in [6, 6.07) is 8.58. The summed E-state index contributed by atoms with van der Waals surface area (Å²) in [4.78, 5) is 21.5. The normalized spacial score (nSPS) is 28.0. The van der Waals surface area contributed by atoms with Gasteiger partial charge in [-0.15, -0.1) is 0 Å². The van der Waals surface area contributed by atoms with E-state index in [1.807, 2.05) is 19.9 Å². The number of halogens is 2. The Kier molecular flexibility index (Phi) is 4.42. The highest BCUT2D eigenvalue weighted by Crippen LogP contribution is 2.45. The molecule has 2 aliphatic rings.